The molecule has 28 heavy (non-hydrogen) atoms. The van der Waals surface area contributed by atoms with Gasteiger partial charge in [-0.3, -0.25) is 14.6 Å². The lowest BCUT2D eigenvalue weighted by atomic mass is 9.95. The maximum Gasteiger partial charge on any atom is 0.329 e. The van der Waals surface area contributed by atoms with Crippen LogP contribution in [0, 0.1) is 0 Å². The molecule has 2 aromatic carbocycles. The van der Waals surface area contributed by atoms with Crippen molar-refractivity contribution in [3.63, 3.8) is 0 Å². The standard InChI is InChI=1S/C22H27N3O3/c1-22(2,23)17-7-11-19(12-8-17)25-15-14-24(21(25)27)18-9-4-16(5-10-18)6-13-20(26)28-3/h4-5,7-12H,6,13-15,23H2,1-3H3. The lowest BCUT2D eigenvalue weighted by molar-refractivity contribution is -0.140. The van der Waals surface area contributed by atoms with Gasteiger partial charge in [0.05, 0.1) is 7.11 Å². The third kappa shape index (κ3) is 4.34. The summed E-state index contributed by atoms with van der Waals surface area (Å²) in [6, 6.07) is 15.5. The minimum Gasteiger partial charge on any atom is -0.469 e. The summed E-state index contributed by atoms with van der Waals surface area (Å²) < 4.78 is 4.67. The minimum absolute atomic E-state index is 0.0398. The maximum atomic E-state index is 12.9. The van der Waals surface area contributed by atoms with Crippen molar-refractivity contribution >= 4 is 23.4 Å². The summed E-state index contributed by atoms with van der Waals surface area (Å²) in [6.07, 6.45) is 0.971. The van der Waals surface area contributed by atoms with Gasteiger partial charge in [-0.15, -0.1) is 0 Å². The number of ether oxygens (including phenoxy) is 1. The zero-order valence-electron chi connectivity index (χ0n) is 16.6. The number of methoxy groups -OCH3 is 1. The predicted octanol–water partition coefficient (Wildman–Crippen LogP) is 3.43. The van der Waals surface area contributed by atoms with Crippen molar-refractivity contribution in [3.05, 3.63) is 59.7 Å². The molecule has 2 aromatic rings. The fourth-order valence-corrected chi connectivity index (χ4v) is 3.28. The molecule has 3 rings (SSSR count). The predicted molar refractivity (Wildman–Crippen MR) is 111 cm³/mol. The van der Waals surface area contributed by atoms with E-state index in [-0.39, 0.29) is 12.0 Å². The number of anilines is 2. The van der Waals surface area contributed by atoms with Crippen LogP contribution in [0.3, 0.4) is 0 Å². The van der Waals surface area contributed by atoms with E-state index in [0.717, 1.165) is 22.5 Å². The maximum absolute atomic E-state index is 12.9. The molecule has 0 aromatic heterocycles. The molecule has 0 bridgehead atoms. The molecule has 0 saturated carbocycles. The highest BCUT2D eigenvalue weighted by Crippen LogP contribution is 2.27. The topological polar surface area (TPSA) is 75.9 Å². The molecule has 1 heterocycles. The molecule has 1 fully saturated rings. The summed E-state index contributed by atoms with van der Waals surface area (Å²) in [5, 5.41) is 0. The number of carbonyl (C=O) groups excluding carboxylic acids is 2. The second kappa shape index (κ2) is 8.02. The Morgan fingerprint density at radius 3 is 1.96 bits per heavy atom. The number of urea groups is 1. The first-order valence-electron chi connectivity index (χ1n) is 9.44. The van der Waals surface area contributed by atoms with E-state index in [4.69, 9.17) is 5.73 Å². The molecule has 2 amide bonds. The number of hydrogen-bond acceptors (Lipinski definition) is 4. The number of rotatable bonds is 6. The normalized spacial score (nSPS) is 14.5. The molecule has 0 radical (unpaired) electrons. The Hall–Kier alpha value is -2.86. The number of carbonyl (C=O) groups is 2. The average molecular weight is 381 g/mol. The Labute approximate surface area is 165 Å². The Balaban J connectivity index is 1.67. The summed E-state index contributed by atoms with van der Waals surface area (Å²) in [5.41, 5.74) is 9.52. The summed E-state index contributed by atoms with van der Waals surface area (Å²) >= 11 is 0. The van der Waals surface area contributed by atoms with Gasteiger partial charge < -0.3 is 10.5 Å². The van der Waals surface area contributed by atoms with Crippen LogP contribution in [0.15, 0.2) is 48.5 Å². The number of aryl methyl sites for hydroxylation is 1. The number of nitrogens with two attached hydrogens (primary N) is 1. The van der Waals surface area contributed by atoms with Crippen LogP contribution in [0.4, 0.5) is 16.2 Å². The van der Waals surface area contributed by atoms with Crippen LogP contribution in [-0.2, 0) is 21.5 Å². The van der Waals surface area contributed by atoms with Gasteiger partial charge in [0.25, 0.3) is 0 Å². The van der Waals surface area contributed by atoms with E-state index in [1.807, 2.05) is 62.4 Å². The number of benzene rings is 2. The fraction of sp³-hybridized carbons (Fsp3) is 0.364. The average Bonchev–Trinajstić information content (AvgIpc) is 3.07. The summed E-state index contributed by atoms with van der Waals surface area (Å²) in [4.78, 5) is 27.7. The lowest BCUT2D eigenvalue weighted by Crippen LogP contribution is -2.32. The van der Waals surface area contributed by atoms with E-state index in [0.29, 0.717) is 25.9 Å². The molecule has 2 N–H and O–H groups in total. The van der Waals surface area contributed by atoms with Gasteiger partial charge in [0.15, 0.2) is 0 Å². The highest BCUT2D eigenvalue weighted by Gasteiger charge is 2.30. The highest BCUT2D eigenvalue weighted by molar-refractivity contribution is 6.06. The lowest BCUT2D eigenvalue weighted by Gasteiger charge is -2.22. The quantitative estimate of drug-likeness (QED) is 0.778. The Morgan fingerprint density at radius 1 is 1.00 bits per heavy atom. The van der Waals surface area contributed by atoms with Gasteiger partial charge in [0.2, 0.25) is 0 Å². The number of esters is 1. The van der Waals surface area contributed by atoms with Crippen LogP contribution in [0.25, 0.3) is 0 Å². The van der Waals surface area contributed by atoms with Crippen molar-refractivity contribution in [2.24, 2.45) is 5.73 Å². The summed E-state index contributed by atoms with van der Waals surface area (Å²) in [6.45, 7) is 5.18. The van der Waals surface area contributed by atoms with E-state index in [1.165, 1.54) is 7.11 Å². The van der Waals surface area contributed by atoms with Crippen LogP contribution >= 0.6 is 0 Å². The smallest absolute Gasteiger partial charge is 0.329 e. The second-order valence-electron chi connectivity index (χ2n) is 7.60. The van der Waals surface area contributed by atoms with Gasteiger partial charge in [-0.05, 0) is 55.7 Å². The molecule has 1 aliphatic rings. The van der Waals surface area contributed by atoms with Gasteiger partial charge in [0, 0.05) is 36.4 Å². The SMILES string of the molecule is COC(=O)CCc1ccc(N2CCN(c3ccc(C(C)(C)N)cc3)C2=O)cc1. The van der Waals surface area contributed by atoms with Crippen molar-refractivity contribution in [3.8, 4) is 0 Å². The van der Waals surface area contributed by atoms with E-state index in [2.05, 4.69) is 4.74 Å². The zero-order chi connectivity index (χ0) is 20.3. The first kappa shape index (κ1) is 19.9. The minimum atomic E-state index is -0.408. The van der Waals surface area contributed by atoms with Crippen LogP contribution in [0.5, 0.6) is 0 Å². The third-order valence-electron chi connectivity index (χ3n) is 5.03. The second-order valence-corrected chi connectivity index (χ2v) is 7.60. The molecule has 0 unspecified atom stereocenters. The monoisotopic (exact) mass is 381 g/mol. The van der Waals surface area contributed by atoms with E-state index >= 15 is 0 Å². The van der Waals surface area contributed by atoms with Crippen molar-refractivity contribution < 1.29 is 14.3 Å². The zero-order valence-corrected chi connectivity index (χ0v) is 16.6. The first-order chi connectivity index (χ1) is 13.3. The van der Waals surface area contributed by atoms with Crippen LogP contribution in [0.1, 0.15) is 31.4 Å². The molecule has 1 saturated heterocycles. The molecule has 6 heteroatoms. The molecule has 0 atom stereocenters. The molecular formula is C22H27N3O3. The highest BCUT2D eigenvalue weighted by atomic mass is 16.5. The van der Waals surface area contributed by atoms with E-state index < -0.39 is 5.54 Å². The van der Waals surface area contributed by atoms with Crippen molar-refractivity contribution in [1.82, 2.24) is 0 Å². The number of hydrogen-bond donors (Lipinski definition) is 1. The van der Waals surface area contributed by atoms with Crippen LogP contribution in [0.2, 0.25) is 0 Å². The summed E-state index contributed by atoms with van der Waals surface area (Å²) in [7, 11) is 1.39. The van der Waals surface area contributed by atoms with Gasteiger partial charge in [-0.25, -0.2) is 4.79 Å². The van der Waals surface area contributed by atoms with E-state index in [9.17, 15) is 9.59 Å². The van der Waals surface area contributed by atoms with Crippen molar-refractivity contribution in [1.29, 1.82) is 0 Å². The Bertz CT molecular complexity index is 839. The molecular weight excluding hydrogens is 354 g/mol. The molecule has 148 valence electrons. The van der Waals surface area contributed by atoms with Crippen molar-refractivity contribution in [2.45, 2.75) is 32.2 Å². The number of amides is 2. The molecule has 6 nitrogen and oxygen atoms in total. The van der Waals surface area contributed by atoms with Gasteiger partial charge >= 0.3 is 12.0 Å². The molecule has 1 aliphatic heterocycles. The Kier molecular flexibility index (Phi) is 5.70. The first-order valence-corrected chi connectivity index (χ1v) is 9.44. The Morgan fingerprint density at radius 2 is 1.50 bits per heavy atom. The largest absolute Gasteiger partial charge is 0.469 e. The van der Waals surface area contributed by atoms with Gasteiger partial charge in [-0.2, -0.15) is 0 Å². The van der Waals surface area contributed by atoms with Gasteiger partial charge in [0.1, 0.15) is 0 Å². The third-order valence-corrected chi connectivity index (χ3v) is 5.03. The fourth-order valence-electron chi connectivity index (χ4n) is 3.28. The van der Waals surface area contributed by atoms with Crippen LogP contribution in [-0.4, -0.2) is 32.2 Å². The molecule has 0 aliphatic carbocycles. The molecule has 0 spiro atoms. The van der Waals surface area contributed by atoms with Crippen molar-refractivity contribution in [2.75, 3.05) is 30.0 Å². The van der Waals surface area contributed by atoms with Crippen LogP contribution < -0.4 is 15.5 Å². The van der Waals surface area contributed by atoms with E-state index in [1.54, 1.807) is 9.80 Å². The van der Waals surface area contributed by atoms with Gasteiger partial charge in [-0.1, -0.05) is 24.3 Å². The number of nitrogens with zero attached hydrogens (tertiary/aromatic N) is 2. The summed E-state index contributed by atoms with van der Waals surface area (Å²) in [5.74, 6) is -0.224.